The van der Waals surface area contributed by atoms with E-state index in [-0.39, 0.29) is 0 Å². The minimum atomic E-state index is -0.566. The minimum absolute atomic E-state index is 0.503. The average Bonchev–Trinajstić information content (AvgIpc) is 3.17. The molecular formula is C22H24N4O2S. The quantitative estimate of drug-likeness (QED) is 0.603. The predicted molar refractivity (Wildman–Crippen MR) is 119 cm³/mol. The van der Waals surface area contributed by atoms with Gasteiger partial charge in [0.15, 0.2) is 5.11 Å². The van der Waals surface area contributed by atoms with Crippen molar-refractivity contribution in [1.29, 1.82) is 0 Å². The standard InChI is InChI=1S/C22H24N4O2S/c1-22(2,3)28-21(27)26-15-18(14-24-26)17-9-11-19(12-10-17)25-20(29)23-13-16-7-5-4-6-8-16/h4-12,14-15H,13H2,1-3H3,(H2,23,25,29). The molecule has 3 rings (SSSR count). The fourth-order valence-corrected chi connectivity index (χ4v) is 2.77. The summed E-state index contributed by atoms with van der Waals surface area (Å²) in [5.41, 5.74) is 3.23. The van der Waals surface area contributed by atoms with Gasteiger partial charge in [0, 0.05) is 24.0 Å². The van der Waals surface area contributed by atoms with Gasteiger partial charge in [-0.05, 0) is 56.2 Å². The van der Waals surface area contributed by atoms with Gasteiger partial charge >= 0.3 is 6.09 Å². The highest BCUT2D eigenvalue weighted by molar-refractivity contribution is 7.80. The van der Waals surface area contributed by atoms with Crippen LogP contribution in [-0.2, 0) is 11.3 Å². The van der Waals surface area contributed by atoms with Gasteiger partial charge < -0.3 is 15.4 Å². The van der Waals surface area contributed by atoms with Crippen LogP contribution >= 0.6 is 12.2 Å². The van der Waals surface area contributed by atoms with Crippen LogP contribution in [0.5, 0.6) is 0 Å². The second-order valence-electron chi connectivity index (χ2n) is 7.52. The number of ether oxygens (including phenoxy) is 1. The zero-order valence-corrected chi connectivity index (χ0v) is 17.5. The molecule has 0 aliphatic rings. The first-order chi connectivity index (χ1) is 13.8. The van der Waals surface area contributed by atoms with Crippen LogP contribution in [0.25, 0.3) is 11.1 Å². The Morgan fingerprint density at radius 3 is 2.41 bits per heavy atom. The van der Waals surface area contributed by atoms with E-state index in [4.69, 9.17) is 17.0 Å². The van der Waals surface area contributed by atoms with Crippen molar-refractivity contribution in [3.8, 4) is 11.1 Å². The first-order valence-corrected chi connectivity index (χ1v) is 9.68. The van der Waals surface area contributed by atoms with Crippen molar-refractivity contribution in [3.05, 3.63) is 72.6 Å². The van der Waals surface area contributed by atoms with Gasteiger partial charge in [-0.25, -0.2) is 4.79 Å². The van der Waals surface area contributed by atoms with Gasteiger partial charge in [-0.1, -0.05) is 42.5 Å². The average molecular weight is 409 g/mol. The Bertz CT molecular complexity index is 976. The lowest BCUT2D eigenvalue weighted by Crippen LogP contribution is -2.27. The summed E-state index contributed by atoms with van der Waals surface area (Å²) in [5.74, 6) is 0. The molecule has 0 unspecified atom stereocenters. The van der Waals surface area contributed by atoms with Crippen molar-refractivity contribution in [2.24, 2.45) is 0 Å². The van der Waals surface area contributed by atoms with Crippen LogP contribution < -0.4 is 10.6 Å². The van der Waals surface area contributed by atoms with E-state index in [1.165, 1.54) is 4.68 Å². The number of benzene rings is 2. The fraction of sp³-hybridized carbons (Fsp3) is 0.227. The number of nitrogens with one attached hydrogen (secondary N) is 2. The molecule has 0 spiro atoms. The van der Waals surface area contributed by atoms with Crippen molar-refractivity contribution in [1.82, 2.24) is 15.1 Å². The molecule has 0 saturated carbocycles. The summed E-state index contributed by atoms with van der Waals surface area (Å²) < 4.78 is 6.52. The number of hydrogen-bond donors (Lipinski definition) is 2. The Hall–Kier alpha value is -3.19. The maximum Gasteiger partial charge on any atom is 0.435 e. The first-order valence-electron chi connectivity index (χ1n) is 9.27. The largest absolute Gasteiger partial charge is 0.442 e. The Morgan fingerprint density at radius 1 is 1.07 bits per heavy atom. The third-order valence-electron chi connectivity index (χ3n) is 3.94. The highest BCUT2D eigenvalue weighted by atomic mass is 32.1. The molecule has 0 saturated heterocycles. The molecule has 0 fully saturated rings. The van der Waals surface area contributed by atoms with Crippen LogP contribution in [0.4, 0.5) is 10.5 Å². The highest BCUT2D eigenvalue weighted by Crippen LogP contribution is 2.21. The molecule has 0 atom stereocenters. The van der Waals surface area contributed by atoms with Crippen LogP contribution in [0.15, 0.2) is 67.0 Å². The summed E-state index contributed by atoms with van der Waals surface area (Å²) in [6.07, 6.45) is 2.79. The van der Waals surface area contributed by atoms with E-state index in [1.807, 2.05) is 75.4 Å². The molecule has 150 valence electrons. The molecule has 0 radical (unpaired) electrons. The van der Waals surface area contributed by atoms with Gasteiger partial charge in [0.1, 0.15) is 5.60 Å². The molecule has 0 bridgehead atoms. The maximum atomic E-state index is 12.1. The van der Waals surface area contributed by atoms with E-state index in [9.17, 15) is 4.79 Å². The van der Waals surface area contributed by atoms with Crippen LogP contribution in [0.1, 0.15) is 26.3 Å². The van der Waals surface area contributed by atoms with E-state index in [0.29, 0.717) is 11.7 Å². The molecule has 7 heteroatoms. The summed E-state index contributed by atoms with van der Waals surface area (Å²) in [5, 5.41) is 11.0. The van der Waals surface area contributed by atoms with E-state index in [1.54, 1.807) is 12.4 Å². The molecule has 1 aromatic heterocycles. The smallest absolute Gasteiger partial charge is 0.435 e. The first kappa shape index (κ1) is 20.5. The fourth-order valence-electron chi connectivity index (χ4n) is 2.58. The number of anilines is 1. The third-order valence-corrected chi connectivity index (χ3v) is 4.18. The van der Waals surface area contributed by atoms with Crippen LogP contribution in [0.2, 0.25) is 0 Å². The van der Waals surface area contributed by atoms with Gasteiger partial charge in [0.05, 0.1) is 6.20 Å². The Labute approximate surface area is 175 Å². The van der Waals surface area contributed by atoms with Crippen molar-refractivity contribution in [3.63, 3.8) is 0 Å². The summed E-state index contributed by atoms with van der Waals surface area (Å²) in [7, 11) is 0. The van der Waals surface area contributed by atoms with Crippen molar-refractivity contribution >= 4 is 29.1 Å². The number of nitrogens with zero attached hydrogens (tertiary/aromatic N) is 2. The third kappa shape index (κ3) is 6.15. The molecule has 0 aliphatic heterocycles. The van der Waals surface area contributed by atoms with Crippen molar-refractivity contribution in [2.45, 2.75) is 32.9 Å². The Kier molecular flexibility index (Phi) is 6.29. The lowest BCUT2D eigenvalue weighted by Gasteiger charge is -2.18. The highest BCUT2D eigenvalue weighted by Gasteiger charge is 2.18. The molecule has 6 nitrogen and oxygen atoms in total. The molecular weight excluding hydrogens is 384 g/mol. The zero-order valence-electron chi connectivity index (χ0n) is 16.7. The van der Waals surface area contributed by atoms with Crippen LogP contribution in [0.3, 0.4) is 0 Å². The molecule has 29 heavy (non-hydrogen) atoms. The molecule has 0 aliphatic carbocycles. The molecule has 2 N–H and O–H groups in total. The molecule has 0 amide bonds. The molecule has 1 heterocycles. The minimum Gasteiger partial charge on any atom is -0.442 e. The number of thiocarbonyl (C=S) groups is 1. The summed E-state index contributed by atoms with van der Waals surface area (Å²) >= 11 is 5.35. The van der Waals surface area contributed by atoms with E-state index < -0.39 is 11.7 Å². The predicted octanol–water partition coefficient (Wildman–Crippen LogP) is 4.82. The zero-order chi connectivity index (χ0) is 20.9. The van der Waals surface area contributed by atoms with E-state index >= 15 is 0 Å². The SMILES string of the molecule is CC(C)(C)OC(=O)n1cc(-c2ccc(NC(=S)NCc3ccccc3)cc2)cn1. The van der Waals surface area contributed by atoms with Gasteiger partial charge in [-0.3, -0.25) is 0 Å². The number of hydrogen-bond acceptors (Lipinski definition) is 4. The van der Waals surface area contributed by atoms with E-state index in [0.717, 1.165) is 22.4 Å². The summed E-state index contributed by atoms with van der Waals surface area (Å²) in [6, 6.07) is 17.8. The topological polar surface area (TPSA) is 68.2 Å². The lowest BCUT2D eigenvalue weighted by molar-refractivity contribution is 0.0514. The normalized spacial score (nSPS) is 11.0. The monoisotopic (exact) mass is 408 g/mol. The van der Waals surface area contributed by atoms with Crippen molar-refractivity contribution < 1.29 is 9.53 Å². The number of carbonyl (C=O) groups excluding carboxylic acids is 1. The summed E-state index contributed by atoms with van der Waals surface area (Å²) in [6.45, 7) is 6.12. The maximum absolute atomic E-state index is 12.1. The van der Waals surface area contributed by atoms with E-state index in [2.05, 4.69) is 15.7 Å². The second-order valence-corrected chi connectivity index (χ2v) is 7.93. The summed E-state index contributed by atoms with van der Waals surface area (Å²) in [4.78, 5) is 12.1. The van der Waals surface area contributed by atoms with Crippen LogP contribution in [0, 0.1) is 0 Å². The van der Waals surface area contributed by atoms with Gasteiger partial charge in [-0.15, -0.1) is 0 Å². The van der Waals surface area contributed by atoms with Gasteiger partial charge in [-0.2, -0.15) is 9.78 Å². The number of rotatable bonds is 4. The molecule has 3 aromatic rings. The van der Waals surface area contributed by atoms with Crippen LogP contribution in [-0.4, -0.2) is 26.6 Å². The van der Waals surface area contributed by atoms with Gasteiger partial charge in [0.25, 0.3) is 0 Å². The number of aromatic nitrogens is 2. The number of carbonyl (C=O) groups is 1. The second kappa shape index (κ2) is 8.87. The van der Waals surface area contributed by atoms with Gasteiger partial charge in [0.2, 0.25) is 0 Å². The molecule has 2 aromatic carbocycles. The Morgan fingerprint density at radius 2 is 1.76 bits per heavy atom. The Balaban J connectivity index is 1.57. The lowest BCUT2D eigenvalue weighted by atomic mass is 10.1. The van der Waals surface area contributed by atoms with Crippen molar-refractivity contribution in [2.75, 3.05) is 5.32 Å².